The number of benzene rings is 1. The summed E-state index contributed by atoms with van der Waals surface area (Å²) in [5.74, 6) is -0.0937. The molecule has 8 heteroatoms. The molecule has 0 bridgehead atoms. The van der Waals surface area contributed by atoms with Crippen molar-refractivity contribution in [2.24, 2.45) is 0 Å². The van der Waals surface area contributed by atoms with Crippen molar-refractivity contribution >= 4 is 27.3 Å². The lowest BCUT2D eigenvalue weighted by atomic mass is 10.2. The topological polar surface area (TPSA) is 113 Å². The normalized spacial score (nSPS) is 16.3. The number of nitrogen functional groups attached to an aromatic ring is 1. The first-order valence-corrected chi connectivity index (χ1v) is 8.22. The zero-order valence-electron chi connectivity index (χ0n) is 12.0. The van der Waals surface area contributed by atoms with Crippen molar-refractivity contribution in [2.45, 2.75) is 36.7 Å². The summed E-state index contributed by atoms with van der Waals surface area (Å²) in [5.41, 5.74) is 6.65. The Morgan fingerprint density at radius 2 is 2.05 bits per heavy atom. The molecule has 1 saturated carbocycles. The van der Waals surface area contributed by atoms with Gasteiger partial charge in [-0.3, -0.25) is 4.79 Å². The molecule has 0 radical (unpaired) electrons. The third kappa shape index (κ3) is 3.85. The standard InChI is InChI=1S/C13H20N4O3S/c1-8(13(18)17-9-3-4-9)16-12-6-5-10(7-11(12)14)21(19,20)15-2/h5-9,15-16H,3-4,14H2,1-2H3,(H,17,18). The number of anilines is 2. The first kappa shape index (κ1) is 15.6. The molecule has 1 aliphatic carbocycles. The van der Waals surface area contributed by atoms with E-state index >= 15 is 0 Å². The number of hydrogen-bond donors (Lipinski definition) is 4. The summed E-state index contributed by atoms with van der Waals surface area (Å²) in [6.45, 7) is 1.73. The second-order valence-corrected chi connectivity index (χ2v) is 6.99. The van der Waals surface area contributed by atoms with Gasteiger partial charge >= 0.3 is 0 Å². The fraction of sp³-hybridized carbons (Fsp3) is 0.462. The Morgan fingerprint density at radius 1 is 1.38 bits per heavy atom. The van der Waals surface area contributed by atoms with E-state index in [1.807, 2.05) is 0 Å². The Bertz CT molecular complexity index is 641. The van der Waals surface area contributed by atoms with Crippen LogP contribution in [0.1, 0.15) is 19.8 Å². The molecule has 1 aliphatic rings. The first-order chi connectivity index (χ1) is 9.83. The van der Waals surface area contributed by atoms with E-state index in [-0.39, 0.29) is 16.5 Å². The number of nitrogens with two attached hydrogens (primary N) is 1. The van der Waals surface area contributed by atoms with Gasteiger partial charge in [-0.15, -0.1) is 0 Å². The summed E-state index contributed by atoms with van der Waals surface area (Å²) in [5, 5.41) is 5.88. The van der Waals surface area contributed by atoms with E-state index in [0.29, 0.717) is 11.7 Å². The minimum atomic E-state index is -3.53. The van der Waals surface area contributed by atoms with Crippen molar-refractivity contribution in [1.82, 2.24) is 10.0 Å². The average molecular weight is 312 g/mol. The molecule has 2 rings (SSSR count). The fourth-order valence-corrected chi connectivity index (χ4v) is 2.57. The van der Waals surface area contributed by atoms with Crippen LogP contribution in [-0.2, 0) is 14.8 Å². The van der Waals surface area contributed by atoms with Crippen molar-refractivity contribution in [1.29, 1.82) is 0 Å². The lowest BCUT2D eigenvalue weighted by Gasteiger charge is -2.17. The maximum Gasteiger partial charge on any atom is 0.242 e. The van der Waals surface area contributed by atoms with Crippen molar-refractivity contribution in [3.05, 3.63) is 18.2 Å². The molecule has 0 saturated heterocycles. The number of carbonyl (C=O) groups excluding carboxylic acids is 1. The van der Waals surface area contributed by atoms with Gasteiger partial charge in [-0.1, -0.05) is 0 Å². The van der Waals surface area contributed by atoms with Crippen LogP contribution in [0.2, 0.25) is 0 Å². The summed E-state index contributed by atoms with van der Waals surface area (Å²) >= 11 is 0. The largest absolute Gasteiger partial charge is 0.397 e. The molecule has 1 unspecified atom stereocenters. The lowest BCUT2D eigenvalue weighted by molar-refractivity contribution is -0.121. The molecule has 1 amide bonds. The van der Waals surface area contributed by atoms with E-state index in [1.165, 1.54) is 19.2 Å². The Balaban J connectivity index is 2.08. The quantitative estimate of drug-likeness (QED) is 0.563. The molecule has 1 atom stereocenters. The molecule has 5 N–H and O–H groups in total. The van der Waals surface area contributed by atoms with E-state index in [0.717, 1.165) is 12.8 Å². The fourth-order valence-electron chi connectivity index (χ4n) is 1.81. The molecular formula is C13H20N4O3S. The molecule has 0 aliphatic heterocycles. The lowest BCUT2D eigenvalue weighted by Crippen LogP contribution is -2.38. The van der Waals surface area contributed by atoms with Gasteiger partial charge in [0.1, 0.15) is 6.04 Å². The minimum absolute atomic E-state index is 0.0862. The maximum absolute atomic E-state index is 11.9. The number of hydrogen-bond acceptors (Lipinski definition) is 5. The van der Waals surface area contributed by atoms with Gasteiger partial charge in [-0.05, 0) is 45.0 Å². The van der Waals surface area contributed by atoms with Gasteiger partial charge in [0.05, 0.1) is 16.3 Å². The zero-order chi connectivity index (χ0) is 15.6. The Morgan fingerprint density at radius 3 is 2.57 bits per heavy atom. The number of rotatable bonds is 6. The highest BCUT2D eigenvalue weighted by Gasteiger charge is 2.25. The summed E-state index contributed by atoms with van der Waals surface area (Å²) in [7, 11) is -2.19. The molecule has 0 spiro atoms. The predicted molar refractivity (Wildman–Crippen MR) is 81.3 cm³/mol. The number of sulfonamides is 1. The van der Waals surface area contributed by atoms with Crippen LogP contribution in [0.4, 0.5) is 11.4 Å². The first-order valence-electron chi connectivity index (χ1n) is 6.73. The maximum atomic E-state index is 11.9. The van der Waals surface area contributed by atoms with Gasteiger partial charge in [0.25, 0.3) is 0 Å². The molecule has 116 valence electrons. The van der Waals surface area contributed by atoms with Crippen LogP contribution < -0.4 is 21.1 Å². The Labute approximate surface area is 124 Å². The van der Waals surface area contributed by atoms with Crippen molar-refractivity contribution in [2.75, 3.05) is 18.1 Å². The summed E-state index contributed by atoms with van der Waals surface area (Å²) in [6, 6.07) is 4.21. The highest BCUT2D eigenvalue weighted by atomic mass is 32.2. The van der Waals surface area contributed by atoms with Gasteiger partial charge in [-0.25, -0.2) is 13.1 Å². The molecule has 0 aromatic heterocycles. The van der Waals surface area contributed by atoms with Gasteiger partial charge in [0.15, 0.2) is 0 Å². The van der Waals surface area contributed by atoms with Gasteiger partial charge < -0.3 is 16.4 Å². The van der Waals surface area contributed by atoms with Crippen molar-refractivity contribution in [3.8, 4) is 0 Å². The van der Waals surface area contributed by atoms with Crippen molar-refractivity contribution < 1.29 is 13.2 Å². The van der Waals surface area contributed by atoms with Gasteiger partial charge in [0, 0.05) is 6.04 Å². The number of amides is 1. The van der Waals surface area contributed by atoms with Crippen LogP contribution in [0.3, 0.4) is 0 Å². The Kier molecular flexibility index (Phi) is 4.38. The second-order valence-electron chi connectivity index (χ2n) is 5.11. The number of carbonyl (C=O) groups is 1. The van der Waals surface area contributed by atoms with Crippen LogP contribution in [-0.4, -0.2) is 33.5 Å². The van der Waals surface area contributed by atoms with E-state index in [9.17, 15) is 13.2 Å². The van der Waals surface area contributed by atoms with E-state index in [4.69, 9.17) is 5.73 Å². The van der Waals surface area contributed by atoms with Gasteiger partial charge in [0.2, 0.25) is 15.9 Å². The highest BCUT2D eigenvalue weighted by Crippen LogP contribution is 2.23. The molecule has 1 aromatic rings. The Hall–Kier alpha value is -1.80. The summed E-state index contributed by atoms with van der Waals surface area (Å²) in [4.78, 5) is 11.9. The molecule has 7 nitrogen and oxygen atoms in total. The zero-order valence-corrected chi connectivity index (χ0v) is 12.8. The average Bonchev–Trinajstić information content (AvgIpc) is 3.24. The van der Waals surface area contributed by atoms with Crippen molar-refractivity contribution in [3.63, 3.8) is 0 Å². The predicted octanol–water partition coefficient (Wildman–Crippen LogP) is 0.256. The smallest absolute Gasteiger partial charge is 0.242 e. The SMILES string of the molecule is CNS(=O)(=O)c1ccc(NC(C)C(=O)NC2CC2)c(N)c1. The minimum Gasteiger partial charge on any atom is -0.397 e. The van der Waals surface area contributed by atoms with E-state index in [1.54, 1.807) is 13.0 Å². The second kappa shape index (κ2) is 5.90. The third-order valence-corrected chi connectivity index (χ3v) is 4.70. The molecule has 1 fully saturated rings. The highest BCUT2D eigenvalue weighted by molar-refractivity contribution is 7.89. The molecular weight excluding hydrogens is 292 g/mol. The van der Waals surface area contributed by atoms with Crippen LogP contribution in [0.15, 0.2) is 23.1 Å². The van der Waals surface area contributed by atoms with Crippen LogP contribution in [0, 0.1) is 0 Å². The summed E-state index contributed by atoms with van der Waals surface area (Å²) in [6.07, 6.45) is 2.05. The third-order valence-electron chi connectivity index (χ3n) is 3.29. The van der Waals surface area contributed by atoms with Crippen LogP contribution >= 0.6 is 0 Å². The van der Waals surface area contributed by atoms with Crippen LogP contribution in [0.5, 0.6) is 0 Å². The van der Waals surface area contributed by atoms with E-state index in [2.05, 4.69) is 15.4 Å². The number of nitrogens with one attached hydrogen (secondary N) is 3. The molecule has 1 aromatic carbocycles. The molecule has 21 heavy (non-hydrogen) atoms. The van der Waals surface area contributed by atoms with Crippen LogP contribution in [0.25, 0.3) is 0 Å². The van der Waals surface area contributed by atoms with E-state index < -0.39 is 16.1 Å². The monoisotopic (exact) mass is 312 g/mol. The van der Waals surface area contributed by atoms with Gasteiger partial charge in [-0.2, -0.15) is 0 Å². The summed E-state index contributed by atoms with van der Waals surface area (Å²) < 4.78 is 25.6. The molecule has 0 heterocycles.